The molecule has 0 bridgehead atoms. The number of unbranched alkanes of at least 4 members (excludes halogenated alkanes) is 6. The van der Waals surface area contributed by atoms with E-state index in [-0.39, 0.29) is 22.2 Å². The molecular weight excluding hydrogens is 587 g/mol. The maximum absolute atomic E-state index is 11.0. The van der Waals surface area contributed by atoms with Gasteiger partial charge in [-0.3, -0.25) is 9.98 Å². The van der Waals surface area contributed by atoms with Gasteiger partial charge in [0.2, 0.25) is 0 Å². The van der Waals surface area contributed by atoms with E-state index >= 15 is 0 Å². The van der Waals surface area contributed by atoms with E-state index in [1.807, 2.05) is 0 Å². The first-order valence-electron chi connectivity index (χ1n) is 16.4. The van der Waals surface area contributed by atoms with Crippen molar-refractivity contribution in [2.75, 3.05) is 0 Å². The van der Waals surface area contributed by atoms with Crippen LogP contribution in [0.25, 0.3) is 0 Å². The second-order valence-corrected chi connectivity index (χ2v) is 12.0. The zero-order valence-corrected chi connectivity index (χ0v) is 29.2. The fourth-order valence-corrected chi connectivity index (χ4v) is 5.22. The first-order valence-corrected chi connectivity index (χ1v) is 16.4. The summed E-state index contributed by atoms with van der Waals surface area (Å²) in [5, 5.41) is 21.7. The third kappa shape index (κ3) is 15.2. The number of rotatable bonds is 15. The van der Waals surface area contributed by atoms with E-state index in [2.05, 4.69) is 84.9 Å². The van der Waals surface area contributed by atoms with Crippen molar-refractivity contribution in [3.05, 3.63) is 82.4 Å². The van der Waals surface area contributed by atoms with Crippen LogP contribution in [0.3, 0.4) is 0 Å². The zero-order valence-electron chi connectivity index (χ0n) is 28.2. The Kier molecular flexibility index (Phi) is 19.3. The number of hydrogen-bond acceptors (Lipinski definition) is 4. The van der Waals surface area contributed by atoms with E-state index in [4.69, 9.17) is 9.98 Å². The van der Waals surface area contributed by atoms with Crippen LogP contribution in [0.4, 0.5) is 11.4 Å². The minimum Gasteiger partial charge on any atom is -0.873 e. The van der Waals surface area contributed by atoms with Crippen LogP contribution >= 0.6 is 0 Å². The summed E-state index contributed by atoms with van der Waals surface area (Å²) in [6.45, 7) is 15.2. The van der Waals surface area contributed by atoms with E-state index in [0.29, 0.717) is 0 Å². The van der Waals surface area contributed by atoms with Gasteiger partial charge in [0.05, 0.1) is 22.8 Å². The van der Waals surface area contributed by atoms with Crippen molar-refractivity contribution in [2.45, 2.75) is 126 Å². The van der Waals surface area contributed by atoms with Gasteiger partial charge in [0.15, 0.2) is 0 Å². The fourth-order valence-electron chi connectivity index (χ4n) is 5.22. The number of benzene rings is 3. The first-order chi connectivity index (χ1) is 20.6. The fraction of sp³-hybridized carbons (Fsp3) is 0.487. The molecule has 0 spiro atoms. The Bertz CT molecular complexity index is 1290. The van der Waals surface area contributed by atoms with Crippen LogP contribution in [-0.4, -0.2) is 11.4 Å². The standard InChI is InChI=1S/C28H40N2.C11H16O2.Ni/c1-7-9-11-12-14-28(30-26-19-23(5)16-24(6)20-26)27(13-10-8-2)29-25-17-21(3)15-22(4)18-25;1-2-3-4-5-9-6-7-10(12)11(13)8-9;/h15-20H,7-14H2,1-6H3;6-8,12-13H,2-5H2,1H3;/q;;+2/p-2. The topological polar surface area (TPSA) is 70.8 Å². The van der Waals surface area contributed by atoms with Gasteiger partial charge in [-0.1, -0.05) is 89.6 Å². The van der Waals surface area contributed by atoms with Crippen molar-refractivity contribution < 1.29 is 26.7 Å². The monoisotopic (exact) mass is 640 g/mol. The van der Waals surface area contributed by atoms with Gasteiger partial charge >= 0.3 is 16.5 Å². The third-order valence-electron chi connectivity index (χ3n) is 7.39. The molecule has 3 rings (SSSR count). The summed E-state index contributed by atoms with van der Waals surface area (Å²) >= 11 is 0. The quantitative estimate of drug-likeness (QED) is 0.0941. The number of nitrogens with zero attached hydrogens (tertiary/aromatic N) is 2. The van der Waals surface area contributed by atoms with Crippen molar-refractivity contribution in [3.63, 3.8) is 0 Å². The zero-order chi connectivity index (χ0) is 31.6. The molecule has 44 heavy (non-hydrogen) atoms. The smallest absolute Gasteiger partial charge is 0.873 e. The molecular formula is C39H54N2NiO2. The summed E-state index contributed by atoms with van der Waals surface area (Å²) in [4.78, 5) is 10.3. The van der Waals surface area contributed by atoms with Gasteiger partial charge < -0.3 is 10.2 Å². The van der Waals surface area contributed by atoms with Crippen LogP contribution in [0.15, 0.2) is 64.6 Å². The minimum atomic E-state index is -0.403. The molecule has 0 atom stereocenters. The van der Waals surface area contributed by atoms with Gasteiger partial charge in [-0.05, 0) is 118 Å². The number of aryl methyl sites for hydroxylation is 5. The second kappa shape index (κ2) is 21.7. The van der Waals surface area contributed by atoms with E-state index in [9.17, 15) is 10.2 Å². The van der Waals surface area contributed by atoms with Gasteiger partial charge in [-0.25, -0.2) is 0 Å². The summed E-state index contributed by atoms with van der Waals surface area (Å²) in [5.74, 6) is -0.784. The van der Waals surface area contributed by atoms with E-state index in [0.717, 1.165) is 54.8 Å². The molecule has 0 aromatic heterocycles. The molecule has 0 aliphatic rings. The minimum absolute atomic E-state index is 0. The van der Waals surface area contributed by atoms with Crippen LogP contribution in [0, 0.1) is 27.7 Å². The molecule has 5 heteroatoms. The van der Waals surface area contributed by atoms with Crippen molar-refractivity contribution in [1.82, 2.24) is 0 Å². The molecule has 4 nitrogen and oxygen atoms in total. The molecule has 0 fully saturated rings. The number of hydrogen-bond donors (Lipinski definition) is 0. The van der Waals surface area contributed by atoms with E-state index in [1.54, 1.807) is 6.07 Å². The second-order valence-electron chi connectivity index (χ2n) is 12.0. The maximum atomic E-state index is 11.0. The van der Waals surface area contributed by atoms with Gasteiger partial charge in [0, 0.05) is 0 Å². The molecule has 0 amide bonds. The maximum Gasteiger partial charge on any atom is 2.00 e. The molecule has 0 unspecified atom stereocenters. The molecule has 0 aliphatic carbocycles. The van der Waals surface area contributed by atoms with Crippen molar-refractivity contribution >= 4 is 22.8 Å². The van der Waals surface area contributed by atoms with Crippen molar-refractivity contribution in [1.29, 1.82) is 0 Å². The van der Waals surface area contributed by atoms with Crippen molar-refractivity contribution in [2.24, 2.45) is 9.98 Å². The summed E-state index contributed by atoms with van der Waals surface area (Å²) in [5.41, 5.74) is 10.5. The molecule has 0 saturated carbocycles. The Morgan fingerprint density at radius 1 is 0.523 bits per heavy atom. The van der Waals surface area contributed by atoms with E-state index < -0.39 is 5.75 Å². The largest absolute Gasteiger partial charge is 2.00 e. The van der Waals surface area contributed by atoms with Gasteiger partial charge in [0.25, 0.3) is 0 Å². The average Bonchev–Trinajstić information content (AvgIpc) is 2.94. The molecule has 0 aliphatic heterocycles. The SMILES string of the molecule is CCCCCCC(=Nc1cc(C)cc(C)c1)C(CCCC)=Nc1cc(C)cc(C)c1.CCCCCc1ccc([O-])c([O-])c1.[Ni+2]. The number of aliphatic imine (C=N–C) groups is 2. The van der Waals surface area contributed by atoms with Crippen LogP contribution < -0.4 is 10.2 Å². The predicted molar refractivity (Wildman–Crippen MR) is 183 cm³/mol. The van der Waals surface area contributed by atoms with Crippen molar-refractivity contribution in [3.8, 4) is 11.5 Å². The summed E-state index contributed by atoms with van der Waals surface area (Å²) < 4.78 is 0. The summed E-state index contributed by atoms with van der Waals surface area (Å²) in [7, 11) is 0. The van der Waals surface area contributed by atoms with Crippen LogP contribution in [0.1, 0.15) is 119 Å². The predicted octanol–water partition coefficient (Wildman–Crippen LogP) is 10.5. The van der Waals surface area contributed by atoms with Crippen LogP contribution in [0.2, 0.25) is 0 Å². The van der Waals surface area contributed by atoms with E-state index in [1.165, 1.54) is 85.0 Å². The average molecular weight is 642 g/mol. The van der Waals surface area contributed by atoms with Gasteiger partial charge in [0.1, 0.15) is 0 Å². The molecule has 0 saturated heterocycles. The first kappa shape index (κ1) is 39.1. The molecule has 3 aromatic carbocycles. The van der Waals surface area contributed by atoms with Crippen LogP contribution in [0.5, 0.6) is 11.5 Å². The Morgan fingerprint density at radius 3 is 1.43 bits per heavy atom. The Hall–Kier alpha value is -2.91. The van der Waals surface area contributed by atoms with Gasteiger partial charge in [-0.2, -0.15) is 0 Å². The molecule has 0 N–H and O–H groups in total. The summed E-state index contributed by atoms with van der Waals surface area (Å²) in [6, 6.07) is 17.7. The summed E-state index contributed by atoms with van der Waals surface area (Å²) in [6.07, 6.45) is 13.6. The Morgan fingerprint density at radius 2 is 0.977 bits per heavy atom. The third-order valence-corrected chi connectivity index (χ3v) is 7.39. The Balaban J connectivity index is 0.000000579. The molecule has 0 radical (unpaired) electrons. The normalized spacial score (nSPS) is 11.5. The Labute approximate surface area is 278 Å². The molecule has 3 aromatic rings. The molecule has 242 valence electrons. The molecule has 0 heterocycles. The van der Waals surface area contributed by atoms with Gasteiger partial charge in [-0.15, -0.1) is 11.5 Å². The van der Waals surface area contributed by atoms with Crippen LogP contribution in [-0.2, 0) is 22.9 Å².